The molecule has 19 heavy (non-hydrogen) atoms. The maximum atomic E-state index is 12.0. The van der Waals surface area contributed by atoms with Gasteiger partial charge in [0.15, 0.2) is 0 Å². The fourth-order valence-corrected chi connectivity index (χ4v) is 1.77. The van der Waals surface area contributed by atoms with Crippen LogP contribution >= 0.6 is 11.6 Å². The molecule has 0 aliphatic carbocycles. The van der Waals surface area contributed by atoms with Gasteiger partial charge in [0.1, 0.15) is 0 Å². The van der Waals surface area contributed by atoms with Gasteiger partial charge in [-0.3, -0.25) is 4.84 Å². The van der Waals surface area contributed by atoms with Crippen molar-refractivity contribution in [3.05, 3.63) is 34.9 Å². The van der Waals surface area contributed by atoms with Gasteiger partial charge in [-0.2, -0.15) is 0 Å². The highest BCUT2D eigenvalue weighted by Gasteiger charge is 2.24. The monoisotopic (exact) mass is 284 g/mol. The molecular weight excluding hydrogens is 264 g/mol. The molecule has 0 radical (unpaired) electrons. The Morgan fingerprint density at radius 2 is 2.16 bits per heavy atom. The van der Waals surface area contributed by atoms with E-state index in [1.54, 1.807) is 13.1 Å². The summed E-state index contributed by atoms with van der Waals surface area (Å²) in [5.74, 6) is 0. The second-order valence-electron chi connectivity index (χ2n) is 4.90. The van der Waals surface area contributed by atoms with E-state index in [9.17, 15) is 4.79 Å². The van der Waals surface area contributed by atoms with Crippen molar-refractivity contribution in [2.24, 2.45) is 0 Å². The highest BCUT2D eigenvalue weighted by molar-refractivity contribution is 6.30. The van der Waals surface area contributed by atoms with E-state index in [1.807, 2.05) is 39.0 Å². The Labute approximate surface area is 119 Å². The quantitative estimate of drug-likeness (QED) is 0.840. The molecule has 0 spiro atoms. The van der Waals surface area contributed by atoms with Crippen LogP contribution in [-0.2, 0) is 10.4 Å². The molecule has 0 atom stereocenters. The van der Waals surface area contributed by atoms with Gasteiger partial charge in [-0.05, 0) is 38.0 Å². The number of carbonyl (C=O) groups excluding carboxylic acids is 1. The maximum Gasteiger partial charge on any atom is 0.341 e. The van der Waals surface area contributed by atoms with Gasteiger partial charge in [-0.25, -0.2) is 9.86 Å². The zero-order valence-electron chi connectivity index (χ0n) is 11.9. The highest BCUT2D eigenvalue weighted by atomic mass is 35.5. The number of amides is 2. The van der Waals surface area contributed by atoms with Gasteiger partial charge in [-0.1, -0.05) is 30.7 Å². The molecule has 0 heterocycles. The minimum absolute atomic E-state index is 0.279. The average Bonchev–Trinajstić information content (AvgIpc) is 2.35. The van der Waals surface area contributed by atoms with Crippen molar-refractivity contribution < 1.29 is 9.63 Å². The summed E-state index contributed by atoms with van der Waals surface area (Å²) in [6.07, 6.45) is 0.856. The molecule has 0 saturated heterocycles. The molecule has 0 bridgehead atoms. The number of hydroxylamine groups is 2. The Bertz CT molecular complexity index is 435. The van der Waals surface area contributed by atoms with Gasteiger partial charge in [0.25, 0.3) is 0 Å². The lowest BCUT2D eigenvalue weighted by Gasteiger charge is -2.29. The normalized spacial score (nSPS) is 11.2. The smallest absolute Gasteiger partial charge is 0.327 e. The third-order valence-electron chi connectivity index (χ3n) is 2.74. The van der Waals surface area contributed by atoms with Crippen LogP contribution in [0.25, 0.3) is 0 Å². The molecule has 0 saturated carbocycles. The van der Waals surface area contributed by atoms with E-state index in [4.69, 9.17) is 16.4 Å². The first kappa shape index (κ1) is 15.8. The largest absolute Gasteiger partial charge is 0.341 e. The summed E-state index contributed by atoms with van der Waals surface area (Å²) in [5.41, 5.74) is 0.420. The SMILES string of the molecule is CCCON(C)C(=O)NC(C)(C)c1cccc(Cl)c1. The van der Waals surface area contributed by atoms with Gasteiger partial charge >= 0.3 is 6.03 Å². The summed E-state index contributed by atoms with van der Waals surface area (Å²) in [4.78, 5) is 17.2. The van der Waals surface area contributed by atoms with E-state index in [-0.39, 0.29) is 6.03 Å². The first-order valence-corrected chi connectivity index (χ1v) is 6.69. The van der Waals surface area contributed by atoms with Crippen LogP contribution in [0.2, 0.25) is 5.02 Å². The van der Waals surface area contributed by atoms with Crippen molar-refractivity contribution in [3.63, 3.8) is 0 Å². The number of hydrogen-bond donors (Lipinski definition) is 1. The predicted molar refractivity (Wildman–Crippen MR) is 77.0 cm³/mol. The molecule has 4 nitrogen and oxygen atoms in total. The van der Waals surface area contributed by atoms with E-state index < -0.39 is 5.54 Å². The number of carbonyl (C=O) groups is 1. The molecular formula is C14H21ClN2O2. The molecule has 106 valence electrons. The van der Waals surface area contributed by atoms with Gasteiger partial charge in [0.2, 0.25) is 0 Å². The first-order valence-electron chi connectivity index (χ1n) is 6.31. The number of rotatable bonds is 5. The van der Waals surface area contributed by atoms with Crippen LogP contribution in [0.5, 0.6) is 0 Å². The highest BCUT2D eigenvalue weighted by Crippen LogP contribution is 2.23. The van der Waals surface area contributed by atoms with Gasteiger partial charge in [0.05, 0.1) is 12.1 Å². The Kier molecular flexibility index (Phi) is 5.63. The summed E-state index contributed by atoms with van der Waals surface area (Å²) in [7, 11) is 1.60. The zero-order valence-corrected chi connectivity index (χ0v) is 12.6. The summed E-state index contributed by atoms with van der Waals surface area (Å²) < 4.78 is 0. The Hall–Kier alpha value is -1.26. The number of nitrogens with one attached hydrogen (secondary N) is 1. The molecule has 0 aromatic heterocycles. The van der Waals surface area contributed by atoms with Crippen molar-refractivity contribution >= 4 is 17.6 Å². The van der Waals surface area contributed by atoms with Crippen molar-refractivity contribution in [2.45, 2.75) is 32.7 Å². The van der Waals surface area contributed by atoms with Crippen LogP contribution in [-0.4, -0.2) is 24.7 Å². The van der Waals surface area contributed by atoms with E-state index in [1.165, 1.54) is 5.06 Å². The third kappa shape index (κ3) is 4.73. The molecule has 1 rings (SSSR count). The summed E-state index contributed by atoms with van der Waals surface area (Å²) in [5, 5.41) is 4.78. The zero-order chi connectivity index (χ0) is 14.5. The van der Waals surface area contributed by atoms with Gasteiger partial charge in [-0.15, -0.1) is 0 Å². The average molecular weight is 285 g/mol. The number of urea groups is 1. The molecule has 1 aromatic carbocycles. The fourth-order valence-electron chi connectivity index (χ4n) is 1.58. The lowest BCUT2D eigenvalue weighted by Crippen LogP contribution is -2.47. The molecule has 0 fully saturated rings. The minimum Gasteiger partial charge on any atom is -0.327 e. The van der Waals surface area contributed by atoms with Crippen molar-refractivity contribution in [1.29, 1.82) is 0 Å². The number of halogens is 1. The molecule has 0 unspecified atom stereocenters. The van der Waals surface area contributed by atoms with Crippen LogP contribution in [0.15, 0.2) is 24.3 Å². The second kappa shape index (κ2) is 6.78. The van der Waals surface area contributed by atoms with Crippen molar-refractivity contribution in [1.82, 2.24) is 10.4 Å². The maximum absolute atomic E-state index is 12.0. The number of nitrogens with zero attached hydrogens (tertiary/aromatic N) is 1. The number of benzene rings is 1. The molecule has 0 aliphatic heterocycles. The van der Waals surface area contributed by atoms with E-state index in [0.29, 0.717) is 11.6 Å². The molecule has 1 N–H and O–H groups in total. The Morgan fingerprint density at radius 1 is 1.47 bits per heavy atom. The predicted octanol–water partition coefficient (Wildman–Crippen LogP) is 3.56. The topological polar surface area (TPSA) is 41.6 Å². The summed E-state index contributed by atoms with van der Waals surface area (Å²) in [6.45, 7) is 6.34. The van der Waals surface area contributed by atoms with Gasteiger partial charge < -0.3 is 5.32 Å². The minimum atomic E-state index is -0.522. The van der Waals surface area contributed by atoms with Crippen LogP contribution in [0, 0.1) is 0 Å². The Morgan fingerprint density at radius 3 is 2.74 bits per heavy atom. The molecule has 1 aromatic rings. The first-order chi connectivity index (χ1) is 8.86. The second-order valence-corrected chi connectivity index (χ2v) is 5.33. The Balaban J connectivity index is 2.71. The third-order valence-corrected chi connectivity index (χ3v) is 2.98. The van der Waals surface area contributed by atoms with Crippen LogP contribution in [0.3, 0.4) is 0 Å². The van der Waals surface area contributed by atoms with Crippen molar-refractivity contribution in [2.75, 3.05) is 13.7 Å². The standard InChI is InChI=1S/C14H21ClN2O2/c1-5-9-19-17(4)13(18)16-14(2,3)11-7-6-8-12(15)10-11/h6-8,10H,5,9H2,1-4H3,(H,16,18). The lowest BCUT2D eigenvalue weighted by molar-refractivity contribution is -0.0993. The van der Waals surface area contributed by atoms with Crippen LogP contribution in [0.4, 0.5) is 4.79 Å². The summed E-state index contributed by atoms with van der Waals surface area (Å²) in [6, 6.07) is 7.16. The molecule has 0 aliphatic rings. The number of hydrogen-bond acceptors (Lipinski definition) is 2. The van der Waals surface area contributed by atoms with Crippen molar-refractivity contribution in [3.8, 4) is 0 Å². The summed E-state index contributed by atoms with van der Waals surface area (Å²) >= 11 is 5.97. The molecule has 5 heteroatoms. The van der Waals surface area contributed by atoms with E-state index in [2.05, 4.69) is 5.32 Å². The van der Waals surface area contributed by atoms with E-state index in [0.717, 1.165) is 12.0 Å². The molecule has 2 amide bonds. The lowest BCUT2D eigenvalue weighted by atomic mass is 9.94. The fraction of sp³-hybridized carbons (Fsp3) is 0.500. The van der Waals surface area contributed by atoms with E-state index >= 15 is 0 Å². The van der Waals surface area contributed by atoms with Crippen LogP contribution in [0.1, 0.15) is 32.8 Å². The van der Waals surface area contributed by atoms with Gasteiger partial charge in [0, 0.05) is 12.1 Å². The van der Waals surface area contributed by atoms with Crippen LogP contribution < -0.4 is 5.32 Å².